The topological polar surface area (TPSA) is 44.1 Å². The Morgan fingerprint density at radius 2 is 1.86 bits per heavy atom. The van der Waals surface area contributed by atoms with Crippen molar-refractivity contribution in [3.63, 3.8) is 0 Å². The van der Waals surface area contributed by atoms with Gasteiger partial charge in [0.15, 0.2) is 0 Å². The van der Waals surface area contributed by atoms with Crippen molar-refractivity contribution in [3.05, 3.63) is 57.5 Å². The quantitative estimate of drug-likeness (QED) is 0.875. The number of ether oxygens (including phenoxy) is 1. The van der Waals surface area contributed by atoms with Gasteiger partial charge in [0.2, 0.25) is 0 Å². The van der Waals surface area contributed by atoms with Crippen LogP contribution in [0.1, 0.15) is 16.7 Å². The van der Waals surface area contributed by atoms with Gasteiger partial charge in [0.25, 0.3) is 5.56 Å². The van der Waals surface area contributed by atoms with Gasteiger partial charge in [-0.3, -0.25) is 4.79 Å². The SMILES string of the molecule is COc1ccc(Cn2ncc(C)c(C(F)(F)F)c2=O)cc1. The highest BCUT2D eigenvalue weighted by atomic mass is 19.4. The number of hydrogen-bond donors (Lipinski definition) is 0. The first-order chi connectivity index (χ1) is 9.82. The Balaban J connectivity index is 2.39. The maximum absolute atomic E-state index is 12.9. The molecule has 7 heteroatoms. The van der Waals surface area contributed by atoms with Gasteiger partial charge in [-0.25, -0.2) is 4.68 Å². The average molecular weight is 298 g/mol. The Kier molecular flexibility index (Phi) is 4.02. The highest BCUT2D eigenvalue weighted by molar-refractivity contribution is 5.28. The molecule has 0 spiro atoms. The van der Waals surface area contributed by atoms with Gasteiger partial charge in [-0.1, -0.05) is 12.1 Å². The first kappa shape index (κ1) is 15.1. The summed E-state index contributed by atoms with van der Waals surface area (Å²) in [6.45, 7) is 1.18. The van der Waals surface area contributed by atoms with Crippen molar-refractivity contribution in [2.75, 3.05) is 7.11 Å². The average Bonchev–Trinajstić information content (AvgIpc) is 2.41. The molecule has 0 unspecified atom stereocenters. The summed E-state index contributed by atoms with van der Waals surface area (Å²) in [4.78, 5) is 11.9. The number of methoxy groups -OCH3 is 1. The molecule has 0 N–H and O–H groups in total. The molecule has 2 rings (SSSR count). The Labute approximate surface area is 118 Å². The number of hydrogen-bond acceptors (Lipinski definition) is 3. The van der Waals surface area contributed by atoms with Gasteiger partial charge in [-0.2, -0.15) is 18.3 Å². The van der Waals surface area contributed by atoms with Gasteiger partial charge in [-0.15, -0.1) is 0 Å². The molecular formula is C14H13F3N2O2. The van der Waals surface area contributed by atoms with E-state index in [1.165, 1.54) is 14.0 Å². The zero-order chi connectivity index (χ0) is 15.6. The predicted octanol–water partition coefficient (Wildman–Crippen LogP) is 2.63. The Morgan fingerprint density at radius 3 is 2.38 bits per heavy atom. The van der Waals surface area contributed by atoms with Gasteiger partial charge in [0.1, 0.15) is 11.3 Å². The molecule has 21 heavy (non-hydrogen) atoms. The molecule has 4 nitrogen and oxygen atoms in total. The fourth-order valence-corrected chi connectivity index (χ4v) is 1.93. The molecule has 0 saturated heterocycles. The number of aryl methyl sites for hydroxylation is 1. The molecule has 0 bridgehead atoms. The van der Waals surface area contributed by atoms with Crippen molar-refractivity contribution in [2.45, 2.75) is 19.6 Å². The summed E-state index contributed by atoms with van der Waals surface area (Å²) in [6.07, 6.45) is -3.64. The molecular weight excluding hydrogens is 285 g/mol. The van der Waals surface area contributed by atoms with Gasteiger partial charge in [-0.05, 0) is 30.2 Å². The van der Waals surface area contributed by atoms with Crippen LogP contribution >= 0.6 is 0 Å². The molecule has 0 radical (unpaired) electrons. The van der Waals surface area contributed by atoms with E-state index in [4.69, 9.17) is 4.74 Å². The smallest absolute Gasteiger partial charge is 0.422 e. The lowest BCUT2D eigenvalue weighted by molar-refractivity contribution is -0.139. The zero-order valence-electron chi connectivity index (χ0n) is 11.4. The zero-order valence-corrected chi connectivity index (χ0v) is 11.4. The van der Waals surface area contributed by atoms with Crippen molar-refractivity contribution >= 4 is 0 Å². The second-order valence-electron chi connectivity index (χ2n) is 4.51. The largest absolute Gasteiger partial charge is 0.497 e. The number of halogens is 3. The lowest BCUT2D eigenvalue weighted by Crippen LogP contribution is -2.31. The van der Waals surface area contributed by atoms with Crippen LogP contribution < -0.4 is 10.3 Å². The maximum atomic E-state index is 12.9. The molecule has 1 aromatic heterocycles. The third kappa shape index (κ3) is 3.24. The van der Waals surface area contributed by atoms with E-state index in [0.717, 1.165) is 10.9 Å². The summed E-state index contributed by atoms with van der Waals surface area (Å²) < 4.78 is 44.4. The molecule has 0 amide bonds. The predicted molar refractivity (Wildman–Crippen MR) is 70.3 cm³/mol. The molecule has 112 valence electrons. The van der Waals surface area contributed by atoms with Crippen LogP contribution in [0.3, 0.4) is 0 Å². The van der Waals surface area contributed by atoms with E-state index in [9.17, 15) is 18.0 Å². The first-order valence-electron chi connectivity index (χ1n) is 6.10. The first-order valence-corrected chi connectivity index (χ1v) is 6.10. The molecule has 0 aliphatic carbocycles. The van der Waals surface area contributed by atoms with E-state index >= 15 is 0 Å². The summed E-state index contributed by atoms with van der Waals surface area (Å²) in [5.74, 6) is 0.624. The van der Waals surface area contributed by atoms with Crippen LogP contribution in [0.2, 0.25) is 0 Å². The van der Waals surface area contributed by atoms with E-state index in [1.54, 1.807) is 24.3 Å². The van der Waals surface area contributed by atoms with Crippen LogP contribution in [0, 0.1) is 6.92 Å². The van der Waals surface area contributed by atoms with Crippen molar-refractivity contribution in [3.8, 4) is 5.75 Å². The van der Waals surface area contributed by atoms with Crippen LogP contribution in [0.15, 0.2) is 35.3 Å². The van der Waals surface area contributed by atoms with Gasteiger partial charge < -0.3 is 4.74 Å². The van der Waals surface area contributed by atoms with Gasteiger partial charge in [0.05, 0.1) is 19.9 Å². The Morgan fingerprint density at radius 1 is 1.24 bits per heavy atom. The molecule has 0 aliphatic heterocycles. The lowest BCUT2D eigenvalue weighted by atomic mass is 10.1. The lowest BCUT2D eigenvalue weighted by Gasteiger charge is -2.12. The summed E-state index contributed by atoms with van der Waals surface area (Å²) in [5.41, 5.74) is -1.84. The van der Waals surface area contributed by atoms with Crippen molar-refractivity contribution < 1.29 is 17.9 Å². The van der Waals surface area contributed by atoms with E-state index in [2.05, 4.69) is 5.10 Å². The number of benzene rings is 1. The van der Waals surface area contributed by atoms with E-state index in [1.807, 2.05) is 0 Å². The molecule has 2 aromatic rings. The summed E-state index contributed by atoms with van der Waals surface area (Å²) in [6, 6.07) is 6.67. The van der Waals surface area contributed by atoms with Crippen molar-refractivity contribution in [1.29, 1.82) is 0 Å². The third-order valence-electron chi connectivity index (χ3n) is 3.01. The third-order valence-corrected chi connectivity index (χ3v) is 3.01. The van der Waals surface area contributed by atoms with Crippen LogP contribution in [-0.2, 0) is 12.7 Å². The minimum Gasteiger partial charge on any atom is -0.497 e. The number of alkyl halides is 3. The standard InChI is InChI=1S/C14H13F3N2O2/c1-9-7-18-19(13(20)12(9)14(15,16)17)8-10-3-5-11(21-2)6-4-10/h3-7H,8H2,1-2H3. The molecule has 1 aromatic carbocycles. The van der Waals surface area contributed by atoms with Gasteiger partial charge >= 0.3 is 6.18 Å². The van der Waals surface area contributed by atoms with Gasteiger partial charge in [0, 0.05) is 0 Å². The van der Waals surface area contributed by atoms with E-state index in [-0.39, 0.29) is 12.1 Å². The van der Waals surface area contributed by atoms with Crippen LogP contribution in [0.4, 0.5) is 13.2 Å². The fraction of sp³-hybridized carbons (Fsp3) is 0.286. The molecule has 0 aliphatic rings. The Bertz CT molecular complexity index is 691. The summed E-state index contributed by atoms with van der Waals surface area (Å²) >= 11 is 0. The number of nitrogens with zero attached hydrogens (tertiary/aromatic N) is 2. The normalized spacial score (nSPS) is 11.5. The number of aromatic nitrogens is 2. The maximum Gasteiger partial charge on any atom is 0.422 e. The minimum atomic E-state index is -4.69. The Hall–Kier alpha value is -2.31. The molecule has 0 fully saturated rings. The second kappa shape index (κ2) is 5.59. The highest BCUT2D eigenvalue weighted by Gasteiger charge is 2.36. The fourth-order valence-electron chi connectivity index (χ4n) is 1.93. The minimum absolute atomic E-state index is 0.0355. The molecule has 0 saturated carbocycles. The number of rotatable bonds is 3. The van der Waals surface area contributed by atoms with Crippen LogP contribution in [0.5, 0.6) is 5.75 Å². The second-order valence-corrected chi connectivity index (χ2v) is 4.51. The van der Waals surface area contributed by atoms with Crippen LogP contribution in [0.25, 0.3) is 0 Å². The van der Waals surface area contributed by atoms with Crippen molar-refractivity contribution in [2.24, 2.45) is 0 Å². The monoisotopic (exact) mass is 298 g/mol. The van der Waals surface area contributed by atoms with E-state index in [0.29, 0.717) is 11.3 Å². The molecule has 1 heterocycles. The van der Waals surface area contributed by atoms with Crippen molar-refractivity contribution in [1.82, 2.24) is 9.78 Å². The highest BCUT2D eigenvalue weighted by Crippen LogP contribution is 2.28. The molecule has 0 atom stereocenters. The van der Waals surface area contributed by atoms with Crippen LogP contribution in [-0.4, -0.2) is 16.9 Å². The summed E-state index contributed by atoms with van der Waals surface area (Å²) in [5, 5.41) is 3.76. The summed E-state index contributed by atoms with van der Waals surface area (Å²) in [7, 11) is 1.51. The van der Waals surface area contributed by atoms with E-state index < -0.39 is 17.3 Å².